The van der Waals surface area contributed by atoms with Crippen molar-refractivity contribution in [2.24, 2.45) is 5.73 Å². The predicted octanol–water partition coefficient (Wildman–Crippen LogP) is 1.97. The number of aromatic nitrogens is 1. The minimum atomic E-state index is -0.141. The van der Waals surface area contributed by atoms with Crippen LogP contribution in [0.1, 0.15) is 16.8 Å². The summed E-state index contributed by atoms with van der Waals surface area (Å²) >= 11 is 5.91. The maximum Gasteiger partial charge on any atom is 0.252 e. The van der Waals surface area contributed by atoms with E-state index in [0.29, 0.717) is 23.7 Å². The van der Waals surface area contributed by atoms with Crippen molar-refractivity contribution in [3.8, 4) is 0 Å². The zero-order valence-electron chi connectivity index (χ0n) is 9.82. The van der Waals surface area contributed by atoms with Gasteiger partial charge in [0.1, 0.15) is 0 Å². The molecule has 1 aromatic carbocycles. The van der Waals surface area contributed by atoms with E-state index in [1.165, 1.54) is 0 Å². The van der Waals surface area contributed by atoms with E-state index in [9.17, 15) is 4.79 Å². The fourth-order valence-corrected chi connectivity index (χ4v) is 1.81. The van der Waals surface area contributed by atoms with Crippen LogP contribution in [0.25, 0.3) is 10.9 Å². The Kier molecular flexibility index (Phi) is 4.12. The Morgan fingerprint density at radius 1 is 1.39 bits per heavy atom. The molecule has 0 atom stereocenters. The second-order valence-electron chi connectivity index (χ2n) is 3.96. The van der Waals surface area contributed by atoms with Gasteiger partial charge in [0.15, 0.2) is 0 Å². The van der Waals surface area contributed by atoms with Crippen molar-refractivity contribution in [3.05, 3.63) is 41.0 Å². The summed E-state index contributed by atoms with van der Waals surface area (Å²) in [7, 11) is 0. The lowest BCUT2D eigenvalue weighted by atomic mass is 10.1. The quantitative estimate of drug-likeness (QED) is 0.829. The minimum absolute atomic E-state index is 0.141. The number of nitrogens with two attached hydrogens (primary N) is 1. The summed E-state index contributed by atoms with van der Waals surface area (Å²) in [5.74, 6) is -0.141. The number of pyridine rings is 1. The van der Waals surface area contributed by atoms with Gasteiger partial charge in [0, 0.05) is 23.2 Å². The molecule has 0 aliphatic heterocycles. The van der Waals surface area contributed by atoms with Gasteiger partial charge >= 0.3 is 0 Å². The molecule has 1 heterocycles. The largest absolute Gasteiger partial charge is 0.352 e. The first-order chi connectivity index (χ1) is 8.70. The molecule has 3 N–H and O–H groups in total. The Labute approximate surface area is 110 Å². The number of nitrogens with one attached hydrogen (secondary N) is 1. The van der Waals surface area contributed by atoms with Crippen LogP contribution in [0.15, 0.2) is 30.5 Å². The van der Waals surface area contributed by atoms with Crippen LogP contribution in [0.2, 0.25) is 5.02 Å². The average Bonchev–Trinajstić information content (AvgIpc) is 2.38. The molecule has 0 spiro atoms. The van der Waals surface area contributed by atoms with Crippen molar-refractivity contribution < 1.29 is 4.79 Å². The van der Waals surface area contributed by atoms with Gasteiger partial charge in [0.25, 0.3) is 5.91 Å². The van der Waals surface area contributed by atoms with Gasteiger partial charge < -0.3 is 11.1 Å². The van der Waals surface area contributed by atoms with Crippen molar-refractivity contribution in [3.63, 3.8) is 0 Å². The van der Waals surface area contributed by atoms with Crippen molar-refractivity contribution in [2.75, 3.05) is 13.1 Å². The molecule has 0 radical (unpaired) electrons. The van der Waals surface area contributed by atoms with E-state index < -0.39 is 0 Å². The predicted molar refractivity (Wildman–Crippen MR) is 72.8 cm³/mol. The van der Waals surface area contributed by atoms with Crippen LogP contribution in [0, 0.1) is 0 Å². The van der Waals surface area contributed by atoms with Crippen molar-refractivity contribution in [1.82, 2.24) is 10.3 Å². The van der Waals surface area contributed by atoms with Gasteiger partial charge in [-0.15, -0.1) is 0 Å². The molecule has 0 saturated heterocycles. The van der Waals surface area contributed by atoms with Crippen molar-refractivity contribution in [1.29, 1.82) is 0 Å². The summed E-state index contributed by atoms with van der Waals surface area (Å²) in [5, 5.41) is 4.27. The fourth-order valence-electron chi connectivity index (χ4n) is 1.63. The van der Waals surface area contributed by atoms with Gasteiger partial charge in [0.2, 0.25) is 0 Å². The smallest absolute Gasteiger partial charge is 0.252 e. The average molecular weight is 264 g/mol. The van der Waals surface area contributed by atoms with E-state index in [-0.39, 0.29) is 5.91 Å². The summed E-state index contributed by atoms with van der Waals surface area (Å²) in [5.41, 5.74) is 6.71. The lowest BCUT2D eigenvalue weighted by Gasteiger charge is -2.05. The highest BCUT2D eigenvalue weighted by molar-refractivity contribution is 6.31. The molecule has 1 aromatic heterocycles. The summed E-state index contributed by atoms with van der Waals surface area (Å²) in [6, 6.07) is 7.18. The minimum Gasteiger partial charge on any atom is -0.352 e. The highest BCUT2D eigenvalue weighted by atomic mass is 35.5. The molecule has 18 heavy (non-hydrogen) atoms. The highest BCUT2D eigenvalue weighted by Crippen LogP contribution is 2.18. The molecular formula is C13H14ClN3O. The van der Waals surface area contributed by atoms with E-state index in [1.807, 2.05) is 6.07 Å². The lowest BCUT2D eigenvalue weighted by Crippen LogP contribution is -2.26. The molecule has 1 amide bonds. The normalized spacial score (nSPS) is 10.6. The van der Waals surface area contributed by atoms with Crippen LogP contribution in [-0.4, -0.2) is 24.0 Å². The second kappa shape index (κ2) is 5.80. The Hall–Kier alpha value is -1.65. The maximum atomic E-state index is 11.8. The van der Waals surface area contributed by atoms with Crippen LogP contribution < -0.4 is 11.1 Å². The van der Waals surface area contributed by atoms with Crippen molar-refractivity contribution in [2.45, 2.75) is 6.42 Å². The van der Waals surface area contributed by atoms with E-state index >= 15 is 0 Å². The molecule has 0 bridgehead atoms. The molecule has 0 unspecified atom stereocenters. The molecule has 2 rings (SSSR count). The van der Waals surface area contributed by atoms with Gasteiger partial charge in [-0.25, -0.2) is 0 Å². The van der Waals surface area contributed by atoms with E-state index in [4.69, 9.17) is 17.3 Å². The number of hydrogen-bond acceptors (Lipinski definition) is 3. The Bertz CT molecular complexity index is 571. The van der Waals surface area contributed by atoms with Crippen LogP contribution in [0.3, 0.4) is 0 Å². The second-order valence-corrected chi connectivity index (χ2v) is 4.40. The molecule has 2 aromatic rings. The third-order valence-corrected chi connectivity index (χ3v) is 2.81. The lowest BCUT2D eigenvalue weighted by molar-refractivity contribution is 0.0953. The highest BCUT2D eigenvalue weighted by Gasteiger charge is 2.06. The molecule has 4 nitrogen and oxygen atoms in total. The third-order valence-electron chi connectivity index (χ3n) is 2.57. The zero-order chi connectivity index (χ0) is 13.0. The van der Waals surface area contributed by atoms with Gasteiger partial charge in [-0.1, -0.05) is 11.6 Å². The topological polar surface area (TPSA) is 68.0 Å². The molecule has 0 fully saturated rings. The van der Waals surface area contributed by atoms with Gasteiger partial charge in [-0.2, -0.15) is 0 Å². The molecule has 0 aliphatic carbocycles. The first-order valence-corrected chi connectivity index (χ1v) is 6.12. The third kappa shape index (κ3) is 2.97. The summed E-state index contributed by atoms with van der Waals surface area (Å²) in [6.07, 6.45) is 2.33. The van der Waals surface area contributed by atoms with Gasteiger partial charge in [0.05, 0.1) is 11.1 Å². The van der Waals surface area contributed by atoms with Crippen LogP contribution in [0.4, 0.5) is 0 Å². The summed E-state index contributed by atoms with van der Waals surface area (Å²) in [4.78, 5) is 16.1. The molecule has 0 saturated carbocycles. The zero-order valence-corrected chi connectivity index (χ0v) is 10.6. The Balaban J connectivity index is 2.21. The van der Waals surface area contributed by atoms with Crippen LogP contribution in [-0.2, 0) is 0 Å². The summed E-state index contributed by atoms with van der Waals surface area (Å²) in [6.45, 7) is 1.13. The van der Waals surface area contributed by atoms with Crippen molar-refractivity contribution >= 4 is 28.4 Å². The SMILES string of the molecule is NCCCNC(=O)c1cnc2ccc(Cl)cc2c1. The molecular weight excluding hydrogens is 250 g/mol. The first-order valence-electron chi connectivity index (χ1n) is 5.74. The number of fused-ring (bicyclic) bond motifs is 1. The van der Waals surface area contributed by atoms with Gasteiger partial charge in [-0.3, -0.25) is 9.78 Å². The number of rotatable bonds is 4. The Morgan fingerprint density at radius 3 is 3.00 bits per heavy atom. The number of carbonyl (C=O) groups is 1. The van der Waals surface area contributed by atoms with Crippen LogP contribution in [0.5, 0.6) is 0 Å². The molecule has 0 aliphatic rings. The molecule has 94 valence electrons. The van der Waals surface area contributed by atoms with Gasteiger partial charge in [-0.05, 0) is 37.2 Å². The summed E-state index contributed by atoms with van der Waals surface area (Å²) < 4.78 is 0. The number of carbonyl (C=O) groups excluding carboxylic acids is 1. The number of hydrogen-bond donors (Lipinski definition) is 2. The standard InChI is InChI=1S/C13H14ClN3O/c14-11-2-3-12-9(7-11)6-10(8-17-12)13(18)16-5-1-4-15/h2-3,6-8H,1,4-5,15H2,(H,16,18). The number of nitrogens with zero attached hydrogens (tertiary/aromatic N) is 1. The maximum absolute atomic E-state index is 11.8. The first kappa shape index (κ1) is 12.8. The number of benzene rings is 1. The molecule has 5 heteroatoms. The van der Waals surface area contributed by atoms with Crippen LogP contribution >= 0.6 is 11.6 Å². The number of halogens is 1. The van der Waals surface area contributed by atoms with E-state index in [1.54, 1.807) is 24.4 Å². The van der Waals surface area contributed by atoms with E-state index in [0.717, 1.165) is 17.3 Å². The fraction of sp³-hybridized carbons (Fsp3) is 0.231. The Morgan fingerprint density at radius 2 is 2.22 bits per heavy atom. The van der Waals surface area contributed by atoms with E-state index in [2.05, 4.69) is 10.3 Å². The number of amides is 1. The monoisotopic (exact) mass is 263 g/mol.